The van der Waals surface area contributed by atoms with Gasteiger partial charge in [-0.3, -0.25) is 9.89 Å². The molecule has 2 unspecified atom stereocenters. The van der Waals surface area contributed by atoms with Gasteiger partial charge in [0.15, 0.2) is 5.96 Å². The molecule has 2 N–H and O–H groups in total. The summed E-state index contributed by atoms with van der Waals surface area (Å²) in [6.07, 6.45) is 5.45. The van der Waals surface area contributed by atoms with Crippen molar-refractivity contribution in [2.45, 2.75) is 49.9 Å². The van der Waals surface area contributed by atoms with E-state index in [0.29, 0.717) is 6.04 Å². The number of likely N-dealkylation sites (N-methyl/N-ethyl adjacent to an activating group) is 1. The highest BCUT2D eigenvalue weighted by molar-refractivity contribution is 8.00. The van der Waals surface area contributed by atoms with E-state index >= 15 is 0 Å². The van der Waals surface area contributed by atoms with Crippen LogP contribution in [0.5, 0.6) is 0 Å². The van der Waals surface area contributed by atoms with Crippen LogP contribution < -0.4 is 10.6 Å². The van der Waals surface area contributed by atoms with Crippen LogP contribution in [0.25, 0.3) is 0 Å². The molecule has 1 aliphatic heterocycles. The van der Waals surface area contributed by atoms with Gasteiger partial charge in [0.25, 0.3) is 0 Å². The Kier molecular flexibility index (Phi) is 5.82. The van der Waals surface area contributed by atoms with Gasteiger partial charge in [0.1, 0.15) is 0 Å². The summed E-state index contributed by atoms with van der Waals surface area (Å²) in [6.45, 7) is 4.28. The summed E-state index contributed by atoms with van der Waals surface area (Å²) < 4.78 is 0. The van der Waals surface area contributed by atoms with Crippen LogP contribution in [-0.2, 0) is 0 Å². The number of rotatable bonds is 6. The molecule has 0 spiro atoms. The molecule has 1 saturated heterocycles. The number of nitrogens with one attached hydrogen (secondary N) is 2. The highest BCUT2D eigenvalue weighted by Gasteiger charge is 2.29. The Bertz CT molecular complexity index is 298. The Morgan fingerprint density at radius 3 is 2.74 bits per heavy atom. The number of thioether (sulfide) groups is 1. The third-order valence-electron chi connectivity index (χ3n) is 4.13. The lowest BCUT2D eigenvalue weighted by molar-refractivity contribution is 0.247. The normalized spacial score (nSPS) is 25.7. The van der Waals surface area contributed by atoms with E-state index in [1.165, 1.54) is 31.4 Å². The van der Waals surface area contributed by atoms with Gasteiger partial charge in [-0.05, 0) is 45.4 Å². The highest BCUT2D eigenvalue weighted by atomic mass is 32.2. The number of hydrogen-bond donors (Lipinski definition) is 2. The van der Waals surface area contributed by atoms with Crippen LogP contribution in [0.15, 0.2) is 4.99 Å². The Labute approximate surface area is 121 Å². The second-order valence-corrected chi connectivity index (χ2v) is 7.12. The van der Waals surface area contributed by atoms with E-state index in [1.807, 2.05) is 7.05 Å². The topological polar surface area (TPSA) is 39.7 Å². The molecule has 0 aromatic heterocycles. The zero-order valence-corrected chi connectivity index (χ0v) is 13.3. The molecular formula is C14H28N4S. The van der Waals surface area contributed by atoms with Crippen LogP contribution in [0.3, 0.4) is 0 Å². The van der Waals surface area contributed by atoms with E-state index in [0.717, 1.165) is 30.3 Å². The molecule has 0 amide bonds. The Morgan fingerprint density at radius 1 is 1.37 bits per heavy atom. The summed E-state index contributed by atoms with van der Waals surface area (Å²) in [4.78, 5) is 6.79. The fourth-order valence-corrected chi connectivity index (χ4v) is 3.67. The number of guanidine groups is 1. The van der Waals surface area contributed by atoms with Gasteiger partial charge in [-0.15, -0.1) is 0 Å². The van der Waals surface area contributed by atoms with Crippen LogP contribution in [0.1, 0.15) is 32.6 Å². The molecular weight excluding hydrogens is 256 g/mol. The first kappa shape index (κ1) is 15.0. The first-order valence-electron chi connectivity index (χ1n) is 7.48. The Balaban J connectivity index is 1.63. The predicted molar refractivity (Wildman–Crippen MR) is 85.1 cm³/mol. The summed E-state index contributed by atoms with van der Waals surface area (Å²) in [5.74, 6) is 2.27. The highest BCUT2D eigenvalue weighted by Crippen LogP contribution is 2.26. The van der Waals surface area contributed by atoms with Gasteiger partial charge in [0.05, 0.1) is 0 Å². The van der Waals surface area contributed by atoms with Gasteiger partial charge < -0.3 is 10.6 Å². The van der Waals surface area contributed by atoms with Crippen LogP contribution in [0.4, 0.5) is 0 Å². The summed E-state index contributed by atoms with van der Waals surface area (Å²) in [5.41, 5.74) is 0. The summed E-state index contributed by atoms with van der Waals surface area (Å²) in [6, 6.07) is 1.38. The second kappa shape index (κ2) is 7.39. The van der Waals surface area contributed by atoms with Crippen molar-refractivity contribution in [3.05, 3.63) is 0 Å². The van der Waals surface area contributed by atoms with Crippen molar-refractivity contribution in [3.63, 3.8) is 0 Å². The van der Waals surface area contributed by atoms with Crippen LogP contribution >= 0.6 is 11.8 Å². The first-order chi connectivity index (χ1) is 9.20. The van der Waals surface area contributed by atoms with E-state index in [-0.39, 0.29) is 0 Å². The molecule has 1 aliphatic carbocycles. The minimum atomic E-state index is 0.562. The smallest absolute Gasteiger partial charge is 0.191 e. The molecule has 5 heteroatoms. The fourth-order valence-electron chi connectivity index (χ4n) is 2.47. The predicted octanol–water partition coefficient (Wildman–Crippen LogP) is 1.53. The average Bonchev–Trinajstić information content (AvgIpc) is 3.15. The average molecular weight is 284 g/mol. The van der Waals surface area contributed by atoms with E-state index in [1.54, 1.807) is 0 Å². The third-order valence-corrected chi connectivity index (χ3v) is 5.53. The molecule has 1 saturated carbocycles. The lowest BCUT2D eigenvalue weighted by Gasteiger charge is -2.25. The lowest BCUT2D eigenvalue weighted by Crippen LogP contribution is -2.46. The Morgan fingerprint density at radius 2 is 2.16 bits per heavy atom. The monoisotopic (exact) mass is 284 g/mol. The SMILES string of the molecule is CN=C(NCC1CCCS1)NCC(C)N(C)C1CC1. The third kappa shape index (κ3) is 4.88. The quantitative estimate of drug-likeness (QED) is 0.573. The van der Waals surface area contributed by atoms with E-state index in [9.17, 15) is 0 Å². The standard InChI is InChI=1S/C14H28N4S/c1-11(18(3)12-6-7-12)9-16-14(15-2)17-10-13-5-4-8-19-13/h11-13H,4-10H2,1-3H3,(H2,15,16,17). The summed E-state index contributed by atoms with van der Waals surface area (Å²) in [5, 5.41) is 7.66. The fraction of sp³-hybridized carbons (Fsp3) is 0.929. The van der Waals surface area contributed by atoms with Gasteiger partial charge in [-0.25, -0.2) is 0 Å². The number of hydrogen-bond acceptors (Lipinski definition) is 3. The van der Waals surface area contributed by atoms with Crippen molar-refractivity contribution in [1.82, 2.24) is 15.5 Å². The molecule has 0 aromatic rings. The van der Waals surface area contributed by atoms with Crippen LogP contribution in [0.2, 0.25) is 0 Å². The van der Waals surface area contributed by atoms with Crippen LogP contribution in [0, 0.1) is 0 Å². The van der Waals surface area contributed by atoms with Crippen molar-refractivity contribution in [3.8, 4) is 0 Å². The molecule has 2 rings (SSSR count). The van der Waals surface area contributed by atoms with Gasteiger partial charge in [-0.1, -0.05) is 0 Å². The van der Waals surface area contributed by atoms with Gasteiger partial charge >= 0.3 is 0 Å². The molecule has 110 valence electrons. The van der Waals surface area contributed by atoms with Crippen LogP contribution in [-0.4, -0.2) is 61.1 Å². The number of nitrogens with zero attached hydrogens (tertiary/aromatic N) is 2. The lowest BCUT2D eigenvalue weighted by atomic mass is 10.2. The second-order valence-electron chi connectivity index (χ2n) is 5.71. The molecule has 2 fully saturated rings. The van der Waals surface area contributed by atoms with Crippen molar-refractivity contribution >= 4 is 17.7 Å². The maximum absolute atomic E-state index is 4.31. The summed E-state index contributed by atoms with van der Waals surface area (Å²) in [7, 11) is 4.09. The van der Waals surface area contributed by atoms with E-state index in [2.05, 4.69) is 46.3 Å². The molecule has 0 aromatic carbocycles. The minimum Gasteiger partial charge on any atom is -0.355 e. The van der Waals surface area contributed by atoms with Gasteiger partial charge in [0, 0.05) is 37.5 Å². The Hall–Kier alpha value is -0.420. The first-order valence-corrected chi connectivity index (χ1v) is 8.53. The van der Waals surface area contributed by atoms with Gasteiger partial charge in [-0.2, -0.15) is 11.8 Å². The molecule has 1 heterocycles. The molecule has 0 bridgehead atoms. The van der Waals surface area contributed by atoms with E-state index < -0.39 is 0 Å². The zero-order valence-electron chi connectivity index (χ0n) is 12.5. The zero-order chi connectivity index (χ0) is 13.7. The largest absolute Gasteiger partial charge is 0.355 e. The molecule has 19 heavy (non-hydrogen) atoms. The maximum atomic E-state index is 4.31. The van der Waals surface area contributed by atoms with Crippen molar-refractivity contribution in [2.75, 3.05) is 32.9 Å². The van der Waals surface area contributed by atoms with Crippen molar-refractivity contribution in [1.29, 1.82) is 0 Å². The maximum Gasteiger partial charge on any atom is 0.191 e. The van der Waals surface area contributed by atoms with E-state index in [4.69, 9.17) is 0 Å². The molecule has 0 radical (unpaired) electrons. The minimum absolute atomic E-state index is 0.562. The van der Waals surface area contributed by atoms with Crippen molar-refractivity contribution in [2.24, 2.45) is 4.99 Å². The molecule has 4 nitrogen and oxygen atoms in total. The number of aliphatic imine (C=N–C) groups is 1. The summed E-state index contributed by atoms with van der Waals surface area (Å²) >= 11 is 2.08. The van der Waals surface area contributed by atoms with Crippen molar-refractivity contribution < 1.29 is 0 Å². The molecule has 2 aliphatic rings. The van der Waals surface area contributed by atoms with Gasteiger partial charge in [0.2, 0.25) is 0 Å². The molecule has 2 atom stereocenters.